The van der Waals surface area contributed by atoms with Crippen LogP contribution < -0.4 is 14.2 Å². The summed E-state index contributed by atoms with van der Waals surface area (Å²) in [6.45, 7) is 6.58. The molecule has 1 fully saturated rings. The molecule has 6 heteroatoms. The monoisotopic (exact) mass is 362 g/mol. The second kappa shape index (κ2) is 7.01. The Hall–Kier alpha value is -2.13. The normalized spacial score (nSPS) is 16.4. The van der Waals surface area contributed by atoms with Gasteiger partial charge in [0, 0.05) is 5.92 Å². The van der Waals surface area contributed by atoms with Gasteiger partial charge in [0.25, 0.3) is 0 Å². The Bertz CT molecular complexity index is 697. The molecule has 25 heavy (non-hydrogen) atoms. The largest absolute Gasteiger partial charge is 0.493 e. The van der Waals surface area contributed by atoms with Crippen molar-refractivity contribution in [2.24, 2.45) is 5.92 Å². The number of ether oxygens (including phenoxy) is 4. The van der Waals surface area contributed by atoms with E-state index in [1.54, 1.807) is 12.1 Å². The Balaban J connectivity index is 2.60. The Morgan fingerprint density at radius 1 is 1.16 bits per heavy atom. The van der Waals surface area contributed by atoms with E-state index in [9.17, 15) is 4.79 Å². The smallest absolute Gasteiger partial charge is 0.338 e. The number of benzene rings is 1. The van der Waals surface area contributed by atoms with E-state index >= 15 is 0 Å². The van der Waals surface area contributed by atoms with Crippen LogP contribution in [0.3, 0.4) is 0 Å². The van der Waals surface area contributed by atoms with Gasteiger partial charge in [-0.3, -0.25) is 0 Å². The minimum Gasteiger partial charge on any atom is -0.493 e. The summed E-state index contributed by atoms with van der Waals surface area (Å²) < 4.78 is 22.1. The SMILES string of the molecule is C#CC(Oc1cc(C(=O)OC)cc(OC)c1OC)(C1CC1)[Si](C)(C)C. The van der Waals surface area contributed by atoms with E-state index in [2.05, 4.69) is 25.6 Å². The summed E-state index contributed by atoms with van der Waals surface area (Å²) in [5, 5.41) is -0.667. The molecule has 0 saturated heterocycles. The molecule has 5 nitrogen and oxygen atoms in total. The van der Waals surface area contributed by atoms with Gasteiger partial charge in [0.1, 0.15) is 8.07 Å². The van der Waals surface area contributed by atoms with E-state index in [1.807, 2.05) is 0 Å². The van der Waals surface area contributed by atoms with Gasteiger partial charge in [0.15, 0.2) is 16.7 Å². The number of terminal acetylenes is 1. The highest BCUT2D eigenvalue weighted by molar-refractivity contribution is 6.80. The van der Waals surface area contributed by atoms with Gasteiger partial charge in [0.2, 0.25) is 5.75 Å². The van der Waals surface area contributed by atoms with Crippen LogP contribution >= 0.6 is 0 Å². The number of methoxy groups -OCH3 is 3. The van der Waals surface area contributed by atoms with Crippen LogP contribution in [-0.4, -0.2) is 40.6 Å². The average molecular weight is 362 g/mol. The third-order valence-electron chi connectivity index (χ3n) is 4.62. The Kier molecular flexibility index (Phi) is 5.38. The lowest BCUT2D eigenvalue weighted by Gasteiger charge is -2.40. The fourth-order valence-corrected chi connectivity index (χ4v) is 5.48. The molecule has 1 saturated carbocycles. The van der Waals surface area contributed by atoms with Crippen molar-refractivity contribution >= 4 is 14.0 Å². The van der Waals surface area contributed by atoms with Crippen molar-refractivity contribution in [3.63, 3.8) is 0 Å². The van der Waals surface area contributed by atoms with Crippen LogP contribution in [-0.2, 0) is 4.74 Å². The molecule has 136 valence electrons. The van der Waals surface area contributed by atoms with Crippen LogP contribution in [0.5, 0.6) is 17.2 Å². The van der Waals surface area contributed by atoms with Gasteiger partial charge in [-0.1, -0.05) is 25.6 Å². The first kappa shape index (κ1) is 19.2. The lowest BCUT2D eigenvalue weighted by atomic mass is 10.1. The molecule has 0 aromatic heterocycles. The summed E-state index contributed by atoms with van der Waals surface area (Å²) in [6, 6.07) is 3.18. The van der Waals surface area contributed by atoms with Gasteiger partial charge in [-0.25, -0.2) is 4.79 Å². The van der Waals surface area contributed by atoms with E-state index in [-0.39, 0.29) is 0 Å². The molecule has 0 spiro atoms. The molecule has 0 radical (unpaired) electrons. The van der Waals surface area contributed by atoms with Crippen molar-refractivity contribution < 1.29 is 23.7 Å². The maximum absolute atomic E-state index is 12.0. The third kappa shape index (κ3) is 3.47. The summed E-state index contributed by atoms with van der Waals surface area (Å²) in [4.78, 5) is 12.0. The zero-order chi connectivity index (χ0) is 18.8. The Morgan fingerprint density at radius 3 is 2.16 bits per heavy atom. The molecule has 0 N–H and O–H groups in total. The van der Waals surface area contributed by atoms with Crippen LogP contribution in [0, 0.1) is 18.3 Å². The zero-order valence-corrected chi connectivity index (χ0v) is 16.8. The fourth-order valence-electron chi connectivity index (χ4n) is 3.12. The van der Waals surface area contributed by atoms with Crippen LogP contribution in [0.1, 0.15) is 23.2 Å². The highest BCUT2D eigenvalue weighted by Crippen LogP contribution is 2.49. The van der Waals surface area contributed by atoms with Crippen molar-refractivity contribution in [1.29, 1.82) is 0 Å². The zero-order valence-electron chi connectivity index (χ0n) is 15.8. The van der Waals surface area contributed by atoms with Crippen molar-refractivity contribution in [1.82, 2.24) is 0 Å². The molecule has 1 aromatic carbocycles. The van der Waals surface area contributed by atoms with Crippen LogP contribution in [0.2, 0.25) is 19.6 Å². The number of carbonyl (C=O) groups is 1. The summed E-state index contributed by atoms with van der Waals surface area (Å²) in [6.07, 6.45) is 8.06. The van der Waals surface area contributed by atoms with E-state index in [0.29, 0.717) is 28.7 Å². The van der Waals surface area contributed by atoms with Gasteiger partial charge in [0.05, 0.1) is 26.9 Å². The quantitative estimate of drug-likeness (QED) is 0.422. The molecule has 1 unspecified atom stereocenters. The number of rotatable bonds is 7. The first-order valence-corrected chi connectivity index (χ1v) is 11.7. The van der Waals surface area contributed by atoms with Crippen LogP contribution in [0.15, 0.2) is 12.1 Å². The minimum atomic E-state index is -1.91. The van der Waals surface area contributed by atoms with Gasteiger partial charge in [-0.15, -0.1) is 6.42 Å². The molecule has 1 aliphatic rings. The molecular weight excluding hydrogens is 336 g/mol. The van der Waals surface area contributed by atoms with Gasteiger partial charge in [-0.05, 0) is 25.0 Å². The predicted molar refractivity (Wildman–Crippen MR) is 99.1 cm³/mol. The number of hydrogen-bond donors (Lipinski definition) is 0. The average Bonchev–Trinajstić information content (AvgIpc) is 3.42. The number of carbonyl (C=O) groups excluding carboxylic acids is 1. The molecule has 1 aliphatic carbocycles. The number of hydrogen-bond acceptors (Lipinski definition) is 5. The number of esters is 1. The molecule has 0 amide bonds. The minimum absolute atomic E-state index is 0.321. The molecule has 0 heterocycles. The summed E-state index contributed by atoms with van der Waals surface area (Å²) in [5.74, 6) is 4.03. The maximum Gasteiger partial charge on any atom is 0.338 e. The predicted octanol–water partition coefficient (Wildman–Crippen LogP) is 3.53. The maximum atomic E-state index is 12.0. The Labute approximate surface area is 150 Å². The van der Waals surface area contributed by atoms with Crippen molar-refractivity contribution in [3.8, 4) is 29.6 Å². The first-order chi connectivity index (χ1) is 11.7. The van der Waals surface area contributed by atoms with E-state index in [0.717, 1.165) is 12.8 Å². The van der Waals surface area contributed by atoms with Gasteiger partial charge >= 0.3 is 5.97 Å². The van der Waals surface area contributed by atoms with Gasteiger partial charge in [-0.2, -0.15) is 0 Å². The van der Waals surface area contributed by atoms with Crippen molar-refractivity contribution in [3.05, 3.63) is 17.7 Å². The highest BCUT2D eigenvalue weighted by Gasteiger charge is 2.55. The molecular formula is C19H26O5Si. The van der Waals surface area contributed by atoms with Crippen LogP contribution in [0.25, 0.3) is 0 Å². The standard InChI is InChI=1S/C19H26O5Si/c1-8-19(14-9-10-14,25(5,6)7)24-16-12-13(18(20)23-4)11-15(21-2)17(16)22-3/h1,11-12,14H,9-10H2,2-7H3. The summed E-state index contributed by atoms with van der Waals surface area (Å²) >= 11 is 0. The summed E-state index contributed by atoms with van der Waals surface area (Å²) in [7, 11) is 2.47. The summed E-state index contributed by atoms with van der Waals surface area (Å²) in [5.41, 5.74) is 0.326. The molecule has 0 bridgehead atoms. The second-order valence-electron chi connectivity index (χ2n) is 7.21. The van der Waals surface area contributed by atoms with Crippen molar-refractivity contribution in [2.45, 2.75) is 37.7 Å². The Morgan fingerprint density at radius 2 is 1.76 bits per heavy atom. The van der Waals surface area contributed by atoms with E-state index in [1.165, 1.54) is 21.3 Å². The lowest BCUT2D eigenvalue weighted by molar-refractivity contribution is 0.0599. The molecule has 1 aromatic rings. The topological polar surface area (TPSA) is 54.0 Å². The van der Waals surface area contributed by atoms with Crippen LogP contribution in [0.4, 0.5) is 0 Å². The fraction of sp³-hybridized carbons (Fsp3) is 0.526. The second-order valence-corrected chi connectivity index (χ2v) is 12.5. The van der Waals surface area contributed by atoms with E-state index < -0.39 is 19.3 Å². The third-order valence-corrected chi connectivity index (χ3v) is 7.50. The molecule has 1 atom stereocenters. The lowest BCUT2D eigenvalue weighted by Crippen LogP contribution is -2.57. The first-order valence-electron chi connectivity index (χ1n) is 8.25. The highest BCUT2D eigenvalue weighted by atomic mass is 28.3. The molecule has 2 rings (SSSR count). The van der Waals surface area contributed by atoms with Crippen molar-refractivity contribution in [2.75, 3.05) is 21.3 Å². The van der Waals surface area contributed by atoms with Gasteiger partial charge < -0.3 is 18.9 Å². The van der Waals surface area contributed by atoms with E-state index in [4.69, 9.17) is 25.4 Å². The molecule has 0 aliphatic heterocycles.